The maximum atomic E-state index is 11.2. The Morgan fingerprint density at radius 2 is 1.84 bits per heavy atom. The standard InChI is InChI=1S/C12H16N4O2S/c1-8(7-19(2,17)18)14-12-11(13)15-9-5-3-4-6-10(9)16-12/h3-6,8H,7H2,1-2H3,(H2,13,15)(H,14,16). The Balaban J connectivity index is 2.27. The Labute approximate surface area is 112 Å². The molecule has 1 aromatic heterocycles. The molecule has 0 amide bonds. The van der Waals surface area contributed by atoms with E-state index in [0.29, 0.717) is 16.9 Å². The first-order valence-electron chi connectivity index (χ1n) is 5.81. The number of benzene rings is 1. The smallest absolute Gasteiger partial charge is 0.169 e. The SMILES string of the molecule is CC(CS(C)(=O)=O)Nc1nc2ccccc2nc1N. The van der Waals surface area contributed by atoms with Gasteiger partial charge in [0.2, 0.25) is 0 Å². The molecular formula is C12H16N4O2S. The van der Waals surface area contributed by atoms with Gasteiger partial charge < -0.3 is 11.1 Å². The molecular weight excluding hydrogens is 264 g/mol. The fourth-order valence-electron chi connectivity index (χ4n) is 1.85. The predicted octanol–water partition coefficient (Wildman–Crippen LogP) is 1.06. The van der Waals surface area contributed by atoms with E-state index in [0.717, 1.165) is 0 Å². The van der Waals surface area contributed by atoms with Crippen molar-refractivity contribution in [2.75, 3.05) is 23.1 Å². The Morgan fingerprint density at radius 1 is 1.26 bits per heavy atom. The van der Waals surface area contributed by atoms with Crippen molar-refractivity contribution in [1.29, 1.82) is 0 Å². The van der Waals surface area contributed by atoms with Crippen LogP contribution in [0.1, 0.15) is 6.92 Å². The highest BCUT2D eigenvalue weighted by atomic mass is 32.2. The molecule has 102 valence electrons. The molecule has 0 saturated carbocycles. The average Bonchev–Trinajstić information content (AvgIpc) is 2.27. The van der Waals surface area contributed by atoms with Gasteiger partial charge in [-0.3, -0.25) is 0 Å². The normalized spacial score (nSPS) is 13.4. The third-order valence-electron chi connectivity index (χ3n) is 2.53. The van der Waals surface area contributed by atoms with Gasteiger partial charge in [-0.25, -0.2) is 18.4 Å². The quantitative estimate of drug-likeness (QED) is 0.869. The van der Waals surface area contributed by atoms with Crippen molar-refractivity contribution in [1.82, 2.24) is 9.97 Å². The van der Waals surface area contributed by atoms with Gasteiger partial charge >= 0.3 is 0 Å². The van der Waals surface area contributed by atoms with Gasteiger partial charge in [0, 0.05) is 12.3 Å². The number of nitrogens with one attached hydrogen (secondary N) is 1. The molecule has 0 saturated heterocycles. The first-order valence-corrected chi connectivity index (χ1v) is 7.88. The fourth-order valence-corrected chi connectivity index (χ4v) is 2.84. The van der Waals surface area contributed by atoms with Crippen LogP contribution in [0.3, 0.4) is 0 Å². The molecule has 1 unspecified atom stereocenters. The molecule has 2 aromatic rings. The summed E-state index contributed by atoms with van der Waals surface area (Å²) in [5.74, 6) is 0.690. The molecule has 1 aromatic carbocycles. The van der Waals surface area contributed by atoms with Crippen molar-refractivity contribution in [2.45, 2.75) is 13.0 Å². The van der Waals surface area contributed by atoms with Crippen molar-refractivity contribution in [3.8, 4) is 0 Å². The molecule has 7 heteroatoms. The van der Waals surface area contributed by atoms with Crippen LogP contribution in [0.2, 0.25) is 0 Å². The van der Waals surface area contributed by atoms with Crippen LogP contribution in [0.15, 0.2) is 24.3 Å². The minimum atomic E-state index is -3.05. The lowest BCUT2D eigenvalue weighted by Crippen LogP contribution is -2.26. The Bertz CT molecular complexity index is 700. The molecule has 0 aliphatic carbocycles. The summed E-state index contributed by atoms with van der Waals surface area (Å²) in [5.41, 5.74) is 7.24. The first kappa shape index (κ1) is 13.5. The van der Waals surface area contributed by atoms with Gasteiger partial charge in [0.1, 0.15) is 9.84 Å². The van der Waals surface area contributed by atoms with Gasteiger partial charge in [-0.1, -0.05) is 12.1 Å². The summed E-state index contributed by atoms with van der Waals surface area (Å²) >= 11 is 0. The lowest BCUT2D eigenvalue weighted by atomic mass is 10.3. The number of hydrogen-bond donors (Lipinski definition) is 2. The summed E-state index contributed by atoms with van der Waals surface area (Å²) in [4.78, 5) is 8.58. The molecule has 2 rings (SSSR count). The maximum Gasteiger partial charge on any atom is 0.169 e. The molecule has 0 fully saturated rings. The van der Waals surface area contributed by atoms with Crippen molar-refractivity contribution >= 4 is 32.5 Å². The second-order valence-corrected chi connectivity index (χ2v) is 6.77. The van der Waals surface area contributed by atoms with E-state index in [4.69, 9.17) is 5.73 Å². The highest BCUT2D eigenvalue weighted by molar-refractivity contribution is 7.90. The minimum absolute atomic E-state index is 0.0148. The second kappa shape index (κ2) is 5.00. The molecule has 3 N–H and O–H groups in total. The number of anilines is 2. The van der Waals surface area contributed by atoms with Crippen LogP contribution in [0.5, 0.6) is 0 Å². The highest BCUT2D eigenvalue weighted by Crippen LogP contribution is 2.19. The van der Waals surface area contributed by atoms with E-state index in [9.17, 15) is 8.42 Å². The van der Waals surface area contributed by atoms with Gasteiger partial charge in [0.05, 0.1) is 16.8 Å². The number of nitrogens with zero attached hydrogens (tertiary/aromatic N) is 2. The number of hydrogen-bond acceptors (Lipinski definition) is 6. The number of para-hydroxylation sites is 2. The number of sulfone groups is 1. The zero-order chi connectivity index (χ0) is 14.0. The van der Waals surface area contributed by atoms with Crippen LogP contribution in [-0.2, 0) is 9.84 Å². The van der Waals surface area contributed by atoms with E-state index in [1.54, 1.807) is 6.92 Å². The summed E-state index contributed by atoms with van der Waals surface area (Å²) in [6.07, 6.45) is 1.20. The number of nitrogens with two attached hydrogens (primary N) is 1. The highest BCUT2D eigenvalue weighted by Gasteiger charge is 2.13. The van der Waals surface area contributed by atoms with Crippen LogP contribution in [0.4, 0.5) is 11.6 Å². The summed E-state index contributed by atoms with van der Waals surface area (Å²) < 4.78 is 22.4. The molecule has 0 spiro atoms. The molecule has 0 aliphatic heterocycles. The Kier molecular flexibility index (Phi) is 3.57. The number of fused-ring (bicyclic) bond motifs is 1. The summed E-state index contributed by atoms with van der Waals surface area (Å²) in [5, 5.41) is 2.98. The Morgan fingerprint density at radius 3 is 2.42 bits per heavy atom. The molecule has 0 aliphatic rings. The molecule has 6 nitrogen and oxygen atoms in total. The van der Waals surface area contributed by atoms with E-state index in [-0.39, 0.29) is 17.6 Å². The van der Waals surface area contributed by atoms with Crippen molar-refractivity contribution in [3.63, 3.8) is 0 Å². The van der Waals surface area contributed by atoms with E-state index < -0.39 is 9.84 Å². The van der Waals surface area contributed by atoms with Crippen molar-refractivity contribution < 1.29 is 8.42 Å². The fraction of sp³-hybridized carbons (Fsp3) is 0.333. The zero-order valence-electron chi connectivity index (χ0n) is 10.8. The zero-order valence-corrected chi connectivity index (χ0v) is 11.6. The third kappa shape index (κ3) is 3.54. The van der Waals surface area contributed by atoms with E-state index in [2.05, 4.69) is 15.3 Å². The van der Waals surface area contributed by atoms with Crippen LogP contribution in [-0.4, -0.2) is 36.4 Å². The van der Waals surface area contributed by atoms with Crippen molar-refractivity contribution in [3.05, 3.63) is 24.3 Å². The van der Waals surface area contributed by atoms with Crippen LogP contribution in [0.25, 0.3) is 11.0 Å². The topological polar surface area (TPSA) is 98.0 Å². The molecule has 0 radical (unpaired) electrons. The van der Waals surface area contributed by atoms with Crippen LogP contribution in [0, 0.1) is 0 Å². The van der Waals surface area contributed by atoms with E-state index in [1.165, 1.54) is 6.26 Å². The molecule has 1 heterocycles. The minimum Gasteiger partial charge on any atom is -0.381 e. The maximum absolute atomic E-state index is 11.2. The monoisotopic (exact) mass is 280 g/mol. The third-order valence-corrected chi connectivity index (χ3v) is 3.64. The average molecular weight is 280 g/mol. The molecule has 1 atom stereocenters. The number of nitrogen functional groups attached to an aromatic ring is 1. The summed E-state index contributed by atoms with van der Waals surface area (Å²) in [6, 6.07) is 7.08. The van der Waals surface area contributed by atoms with Gasteiger partial charge in [-0.15, -0.1) is 0 Å². The first-order chi connectivity index (χ1) is 8.85. The largest absolute Gasteiger partial charge is 0.381 e. The van der Waals surface area contributed by atoms with Gasteiger partial charge in [0.15, 0.2) is 11.6 Å². The predicted molar refractivity (Wildman–Crippen MR) is 76.7 cm³/mol. The lowest BCUT2D eigenvalue weighted by Gasteiger charge is -2.14. The molecule has 19 heavy (non-hydrogen) atoms. The number of rotatable bonds is 4. The Hall–Kier alpha value is -1.89. The van der Waals surface area contributed by atoms with Gasteiger partial charge in [-0.05, 0) is 19.1 Å². The molecule has 0 bridgehead atoms. The summed E-state index contributed by atoms with van der Waals surface area (Å²) in [7, 11) is -3.05. The van der Waals surface area contributed by atoms with Gasteiger partial charge in [-0.2, -0.15) is 0 Å². The summed E-state index contributed by atoms with van der Waals surface area (Å²) in [6.45, 7) is 1.76. The van der Waals surface area contributed by atoms with Crippen LogP contribution < -0.4 is 11.1 Å². The number of aromatic nitrogens is 2. The second-order valence-electron chi connectivity index (χ2n) is 4.58. The van der Waals surface area contributed by atoms with E-state index >= 15 is 0 Å². The lowest BCUT2D eigenvalue weighted by molar-refractivity contribution is 0.598. The van der Waals surface area contributed by atoms with E-state index in [1.807, 2.05) is 24.3 Å². The van der Waals surface area contributed by atoms with Gasteiger partial charge in [0.25, 0.3) is 0 Å². The van der Waals surface area contributed by atoms with Crippen molar-refractivity contribution in [2.24, 2.45) is 0 Å². The van der Waals surface area contributed by atoms with Crippen LogP contribution >= 0.6 is 0 Å².